The topological polar surface area (TPSA) is 77.7 Å². The van der Waals surface area contributed by atoms with Gasteiger partial charge in [0.25, 0.3) is 0 Å². The van der Waals surface area contributed by atoms with Crippen LogP contribution in [0.1, 0.15) is 20.8 Å². The number of nitrogens with zero attached hydrogens (tertiary/aromatic N) is 2. The molecule has 2 aromatic rings. The van der Waals surface area contributed by atoms with E-state index in [2.05, 4.69) is 4.98 Å². The van der Waals surface area contributed by atoms with Crippen molar-refractivity contribution in [2.75, 3.05) is 12.8 Å². The summed E-state index contributed by atoms with van der Waals surface area (Å²) in [6.07, 6.45) is 0.835. The summed E-state index contributed by atoms with van der Waals surface area (Å²) in [5.41, 5.74) is 5.60. The third-order valence-corrected chi connectivity index (χ3v) is 3.36. The number of halogens is 1. The Morgan fingerprint density at radius 3 is 2.50 bits per heavy atom. The average molecular weight is 333 g/mol. The second kappa shape index (κ2) is 6.74. The van der Waals surface area contributed by atoms with Crippen molar-refractivity contribution in [3.05, 3.63) is 42.3 Å². The number of carbonyl (C=O) groups excluding carboxylic acids is 1. The second-order valence-corrected chi connectivity index (χ2v) is 6.22. The van der Waals surface area contributed by atoms with E-state index in [1.165, 1.54) is 29.3 Å². The van der Waals surface area contributed by atoms with E-state index < -0.39 is 17.4 Å². The van der Waals surface area contributed by atoms with Gasteiger partial charge in [0.05, 0.1) is 11.9 Å². The summed E-state index contributed by atoms with van der Waals surface area (Å²) in [6, 6.07) is 7.03. The van der Waals surface area contributed by atoms with Crippen molar-refractivity contribution in [2.45, 2.75) is 26.3 Å². The zero-order chi connectivity index (χ0) is 17.9. The lowest BCUT2D eigenvalue weighted by Gasteiger charge is -2.30. The van der Waals surface area contributed by atoms with Crippen LogP contribution in [-0.2, 0) is 0 Å². The molecule has 2 N–H and O–H groups in total. The van der Waals surface area contributed by atoms with Gasteiger partial charge in [0.2, 0.25) is 5.88 Å². The first-order valence-corrected chi connectivity index (χ1v) is 7.31. The third kappa shape index (κ3) is 4.34. The Balaban J connectivity index is 2.09. The highest BCUT2D eigenvalue weighted by Gasteiger charge is 2.24. The molecule has 0 aliphatic rings. The standard InChI is InChI=1S/C17H20FN3O3/c1-17(2,3)21(4)16(22)23-12-6-7-14(13(18)9-12)24-15-8-5-11(19)10-20-15/h5-10H,19H2,1-4H3. The van der Waals surface area contributed by atoms with E-state index in [-0.39, 0.29) is 17.4 Å². The van der Waals surface area contributed by atoms with Crippen molar-refractivity contribution in [1.82, 2.24) is 9.88 Å². The zero-order valence-corrected chi connectivity index (χ0v) is 14.0. The van der Waals surface area contributed by atoms with Crippen LogP contribution in [0.15, 0.2) is 36.5 Å². The third-order valence-electron chi connectivity index (χ3n) is 3.36. The summed E-state index contributed by atoms with van der Waals surface area (Å²) >= 11 is 0. The molecule has 6 nitrogen and oxygen atoms in total. The number of aromatic nitrogens is 1. The minimum Gasteiger partial charge on any atom is -0.436 e. The van der Waals surface area contributed by atoms with Gasteiger partial charge in [-0.15, -0.1) is 0 Å². The van der Waals surface area contributed by atoms with E-state index in [1.54, 1.807) is 13.1 Å². The van der Waals surface area contributed by atoms with Gasteiger partial charge in [-0.25, -0.2) is 14.2 Å². The predicted molar refractivity (Wildman–Crippen MR) is 88.7 cm³/mol. The molecule has 0 saturated carbocycles. The Morgan fingerprint density at radius 2 is 1.96 bits per heavy atom. The van der Waals surface area contributed by atoms with Gasteiger partial charge in [-0.05, 0) is 39.0 Å². The predicted octanol–water partition coefficient (Wildman–Crippen LogP) is 3.82. The maximum Gasteiger partial charge on any atom is 0.415 e. The fourth-order valence-electron chi connectivity index (χ4n) is 1.64. The van der Waals surface area contributed by atoms with Crippen LogP contribution in [0.3, 0.4) is 0 Å². The number of nitrogen functional groups attached to an aromatic ring is 1. The Kier molecular flexibility index (Phi) is 4.92. The van der Waals surface area contributed by atoms with Gasteiger partial charge in [-0.3, -0.25) is 0 Å². The fraction of sp³-hybridized carbons (Fsp3) is 0.294. The number of nitrogens with two attached hydrogens (primary N) is 1. The maximum atomic E-state index is 14.1. The molecule has 0 spiro atoms. The van der Waals surface area contributed by atoms with Gasteiger partial charge in [0, 0.05) is 24.7 Å². The average Bonchev–Trinajstić information content (AvgIpc) is 2.50. The van der Waals surface area contributed by atoms with Gasteiger partial charge in [-0.2, -0.15) is 0 Å². The molecule has 1 aromatic heterocycles. The number of ether oxygens (including phenoxy) is 2. The number of pyridine rings is 1. The van der Waals surface area contributed by atoms with Gasteiger partial charge in [0.1, 0.15) is 5.75 Å². The number of hydrogen-bond donors (Lipinski definition) is 1. The molecule has 0 aliphatic heterocycles. The molecule has 7 heteroatoms. The molecular weight excluding hydrogens is 313 g/mol. The van der Waals surface area contributed by atoms with Gasteiger partial charge in [0.15, 0.2) is 11.6 Å². The lowest BCUT2D eigenvalue weighted by atomic mass is 10.1. The largest absolute Gasteiger partial charge is 0.436 e. The number of anilines is 1. The van der Waals surface area contributed by atoms with Crippen molar-refractivity contribution in [3.63, 3.8) is 0 Å². The van der Waals surface area contributed by atoms with Crippen LogP contribution < -0.4 is 15.2 Å². The SMILES string of the molecule is CN(C(=O)Oc1ccc(Oc2ccc(N)cn2)c(F)c1)C(C)(C)C. The van der Waals surface area contributed by atoms with Gasteiger partial charge < -0.3 is 20.1 Å². The summed E-state index contributed by atoms with van der Waals surface area (Å²) in [7, 11) is 1.61. The van der Waals surface area contributed by atoms with Crippen LogP contribution in [0.2, 0.25) is 0 Å². The molecule has 0 bridgehead atoms. The molecule has 0 atom stereocenters. The van der Waals surface area contributed by atoms with E-state index >= 15 is 0 Å². The Morgan fingerprint density at radius 1 is 1.25 bits per heavy atom. The summed E-state index contributed by atoms with van der Waals surface area (Å²) in [5, 5.41) is 0. The quantitative estimate of drug-likeness (QED) is 0.924. The summed E-state index contributed by atoms with van der Waals surface area (Å²) in [6.45, 7) is 5.60. The lowest BCUT2D eigenvalue weighted by Crippen LogP contribution is -2.44. The van der Waals surface area contributed by atoms with Crippen LogP contribution in [-0.4, -0.2) is 28.6 Å². The van der Waals surface area contributed by atoms with Crippen LogP contribution in [0, 0.1) is 5.82 Å². The number of carbonyl (C=O) groups is 1. The summed E-state index contributed by atoms with van der Waals surface area (Å²) in [4.78, 5) is 17.4. The van der Waals surface area contributed by atoms with Crippen molar-refractivity contribution < 1.29 is 18.7 Å². The number of amides is 1. The molecule has 1 amide bonds. The Hall–Kier alpha value is -2.83. The van der Waals surface area contributed by atoms with Crippen molar-refractivity contribution in [3.8, 4) is 17.4 Å². The van der Waals surface area contributed by atoms with E-state index in [0.717, 1.165) is 6.07 Å². The van der Waals surface area contributed by atoms with Crippen molar-refractivity contribution >= 4 is 11.8 Å². The van der Waals surface area contributed by atoms with Crippen molar-refractivity contribution in [2.24, 2.45) is 0 Å². The van der Waals surface area contributed by atoms with Crippen LogP contribution in [0.4, 0.5) is 14.9 Å². The van der Waals surface area contributed by atoms with Crippen LogP contribution >= 0.6 is 0 Å². The van der Waals surface area contributed by atoms with Crippen LogP contribution in [0.5, 0.6) is 17.4 Å². The summed E-state index contributed by atoms with van der Waals surface area (Å²) < 4.78 is 24.6. The molecule has 0 fully saturated rings. The minimum atomic E-state index is -0.669. The van der Waals surface area contributed by atoms with Crippen molar-refractivity contribution in [1.29, 1.82) is 0 Å². The Labute approximate surface area is 140 Å². The first-order chi connectivity index (χ1) is 11.2. The monoisotopic (exact) mass is 333 g/mol. The van der Waals surface area contributed by atoms with E-state index in [9.17, 15) is 9.18 Å². The number of benzene rings is 1. The van der Waals surface area contributed by atoms with E-state index in [0.29, 0.717) is 5.69 Å². The highest BCUT2D eigenvalue weighted by Crippen LogP contribution is 2.27. The highest BCUT2D eigenvalue weighted by atomic mass is 19.1. The van der Waals surface area contributed by atoms with Crippen LogP contribution in [0.25, 0.3) is 0 Å². The zero-order valence-electron chi connectivity index (χ0n) is 14.0. The normalized spacial score (nSPS) is 11.0. The maximum absolute atomic E-state index is 14.1. The highest BCUT2D eigenvalue weighted by molar-refractivity contribution is 5.71. The first kappa shape index (κ1) is 17.5. The van der Waals surface area contributed by atoms with Gasteiger partial charge in [-0.1, -0.05) is 0 Å². The molecule has 0 saturated heterocycles. The molecule has 0 radical (unpaired) electrons. The molecule has 1 heterocycles. The summed E-state index contributed by atoms with van der Waals surface area (Å²) in [5.74, 6) is -0.403. The Bertz CT molecular complexity index is 727. The molecule has 2 rings (SSSR count). The second-order valence-electron chi connectivity index (χ2n) is 6.22. The molecule has 0 aliphatic carbocycles. The van der Waals surface area contributed by atoms with E-state index in [1.807, 2.05) is 20.8 Å². The van der Waals surface area contributed by atoms with E-state index in [4.69, 9.17) is 15.2 Å². The number of hydrogen-bond acceptors (Lipinski definition) is 5. The first-order valence-electron chi connectivity index (χ1n) is 7.31. The molecule has 0 unspecified atom stereocenters. The molecular formula is C17H20FN3O3. The minimum absolute atomic E-state index is 0.0313. The molecule has 24 heavy (non-hydrogen) atoms. The molecule has 1 aromatic carbocycles. The lowest BCUT2D eigenvalue weighted by molar-refractivity contribution is 0.124. The smallest absolute Gasteiger partial charge is 0.415 e. The van der Waals surface area contributed by atoms with Gasteiger partial charge >= 0.3 is 6.09 Å². The fourth-order valence-corrected chi connectivity index (χ4v) is 1.64. The molecule has 128 valence electrons. The number of rotatable bonds is 3.